The van der Waals surface area contributed by atoms with E-state index in [1.165, 1.54) is 0 Å². The molecule has 1 fully saturated rings. The maximum absolute atomic E-state index is 11.9. The minimum atomic E-state index is -0.751. The Labute approximate surface area is 108 Å². The molecule has 1 rings (SSSR count). The fourth-order valence-electron chi connectivity index (χ4n) is 2.38. The third kappa shape index (κ3) is 5.49. The van der Waals surface area contributed by atoms with E-state index in [-0.39, 0.29) is 12.3 Å². The predicted octanol–water partition coefficient (Wildman–Crippen LogP) is 1.52. The molecule has 1 aliphatic heterocycles. The number of ether oxygens (including phenoxy) is 1. The molecule has 0 aliphatic carbocycles. The monoisotopic (exact) mass is 257 g/mol. The number of hydrogen-bond donors (Lipinski definition) is 1. The van der Waals surface area contributed by atoms with Crippen molar-refractivity contribution in [1.82, 2.24) is 4.90 Å². The molecule has 1 heterocycles. The SMILES string of the molecule is COCCCC(=O)N1CCCC(CCC(=O)O)C1. The van der Waals surface area contributed by atoms with E-state index in [4.69, 9.17) is 9.84 Å². The molecule has 1 amide bonds. The number of carbonyl (C=O) groups excluding carboxylic acids is 1. The van der Waals surface area contributed by atoms with Gasteiger partial charge in [0.05, 0.1) is 0 Å². The largest absolute Gasteiger partial charge is 0.481 e. The molecule has 0 bridgehead atoms. The first-order chi connectivity index (χ1) is 8.63. The number of aliphatic carboxylic acids is 1. The summed E-state index contributed by atoms with van der Waals surface area (Å²) in [6.07, 6.45) is 4.19. The quantitative estimate of drug-likeness (QED) is 0.702. The van der Waals surface area contributed by atoms with Crippen LogP contribution in [0.15, 0.2) is 0 Å². The lowest BCUT2D eigenvalue weighted by atomic mass is 9.93. The summed E-state index contributed by atoms with van der Waals surface area (Å²) in [4.78, 5) is 24.3. The maximum atomic E-state index is 11.9. The number of amides is 1. The van der Waals surface area contributed by atoms with E-state index in [1.807, 2.05) is 4.90 Å². The highest BCUT2D eigenvalue weighted by Crippen LogP contribution is 2.21. The third-order valence-corrected chi connectivity index (χ3v) is 3.38. The van der Waals surface area contributed by atoms with Gasteiger partial charge in [0.1, 0.15) is 0 Å². The summed E-state index contributed by atoms with van der Waals surface area (Å²) in [5, 5.41) is 8.67. The van der Waals surface area contributed by atoms with Gasteiger partial charge in [-0.15, -0.1) is 0 Å². The van der Waals surface area contributed by atoms with Gasteiger partial charge in [0.15, 0.2) is 0 Å². The Morgan fingerprint density at radius 1 is 1.39 bits per heavy atom. The van der Waals surface area contributed by atoms with Crippen LogP contribution in [0.1, 0.15) is 38.5 Å². The second-order valence-corrected chi connectivity index (χ2v) is 4.88. The Bertz CT molecular complexity index is 280. The first-order valence-electron chi connectivity index (χ1n) is 6.62. The van der Waals surface area contributed by atoms with Crippen molar-refractivity contribution < 1.29 is 19.4 Å². The minimum absolute atomic E-state index is 0.173. The van der Waals surface area contributed by atoms with Crippen LogP contribution in [-0.4, -0.2) is 48.7 Å². The lowest BCUT2D eigenvalue weighted by Crippen LogP contribution is -2.40. The molecule has 5 heteroatoms. The van der Waals surface area contributed by atoms with Gasteiger partial charge in [-0.25, -0.2) is 0 Å². The zero-order chi connectivity index (χ0) is 13.4. The van der Waals surface area contributed by atoms with Gasteiger partial charge < -0.3 is 14.7 Å². The van der Waals surface area contributed by atoms with Crippen molar-refractivity contribution >= 4 is 11.9 Å². The molecule has 0 aromatic carbocycles. The molecule has 1 saturated heterocycles. The van der Waals surface area contributed by atoms with Gasteiger partial charge >= 0.3 is 5.97 Å². The molecule has 1 aliphatic rings. The number of carboxylic acid groups (broad SMARTS) is 1. The first-order valence-corrected chi connectivity index (χ1v) is 6.62. The number of nitrogens with zero attached hydrogens (tertiary/aromatic N) is 1. The summed E-state index contributed by atoms with van der Waals surface area (Å²) in [5.41, 5.74) is 0. The summed E-state index contributed by atoms with van der Waals surface area (Å²) in [5.74, 6) is -0.230. The molecule has 0 radical (unpaired) electrons. The highest BCUT2D eigenvalue weighted by Gasteiger charge is 2.23. The molecule has 1 N–H and O–H groups in total. The van der Waals surface area contributed by atoms with Gasteiger partial charge in [-0.2, -0.15) is 0 Å². The number of likely N-dealkylation sites (tertiary alicyclic amines) is 1. The van der Waals surface area contributed by atoms with Gasteiger partial charge in [-0.05, 0) is 31.6 Å². The molecule has 0 spiro atoms. The fraction of sp³-hybridized carbons (Fsp3) is 0.846. The first kappa shape index (κ1) is 15.0. The number of methoxy groups -OCH3 is 1. The van der Waals surface area contributed by atoms with Gasteiger partial charge in [-0.3, -0.25) is 9.59 Å². The Balaban J connectivity index is 2.28. The van der Waals surface area contributed by atoms with Gasteiger partial charge in [0.2, 0.25) is 5.91 Å². The molecular formula is C13H23NO4. The molecule has 5 nitrogen and oxygen atoms in total. The van der Waals surface area contributed by atoms with Crippen LogP contribution in [0, 0.1) is 5.92 Å². The highest BCUT2D eigenvalue weighted by molar-refractivity contribution is 5.76. The van der Waals surface area contributed by atoms with Crippen molar-refractivity contribution in [2.75, 3.05) is 26.8 Å². The topological polar surface area (TPSA) is 66.8 Å². The second kappa shape index (κ2) is 8.08. The fourth-order valence-corrected chi connectivity index (χ4v) is 2.38. The molecule has 0 aromatic rings. The predicted molar refractivity (Wildman–Crippen MR) is 67.3 cm³/mol. The van der Waals surface area contributed by atoms with E-state index in [0.717, 1.165) is 32.4 Å². The average molecular weight is 257 g/mol. The van der Waals surface area contributed by atoms with Crippen LogP contribution in [0.5, 0.6) is 0 Å². The molecular weight excluding hydrogens is 234 g/mol. The number of piperidine rings is 1. The normalized spacial score (nSPS) is 19.8. The second-order valence-electron chi connectivity index (χ2n) is 4.88. The van der Waals surface area contributed by atoms with Crippen molar-refractivity contribution in [3.63, 3.8) is 0 Å². The number of rotatable bonds is 7. The molecule has 0 aromatic heterocycles. The van der Waals surface area contributed by atoms with Crippen LogP contribution in [-0.2, 0) is 14.3 Å². The Hall–Kier alpha value is -1.10. The summed E-state index contributed by atoms with van der Waals surface area (Å²) in [6, 6.07) is 0. The highest BCUT2D eigenvalue weighted by atomic mass is 16.5. The van der Waals surface area contributed by atoms with Crippen molar-refractivity contribution in [3.8, 4) is 0 Å². The summed E-state index contributed by atoms with van der Waals surface area (Å²) in [7, 11) is 1.63. The van der Waals surface area contributed by atoms with E-state index < -0.39 is 5.97 Å². The lowest BCUT2D eigenvalue weighted by molar-refractivity contribution is -0.137. The van der Waals surface area contributed by atoms with Crippen LogP contribution in [0.4, 0.5) is 0 Å². The van der Waals surface area contributed by atoms with E-state index in [9.17, 15) is 9.59 Å². The van der Waals surface area contributed by atoms with Crippen molar-refractivity contribution in [1.29, 1.82) is 0 Å². The summed E-state index contributed by atoms with van der Waals surface area (Å²) < 4.78 is 4.93. The Kier molecular flexibility index (Phi) is 6.72. The number of carboxylic acids is 1. The Morgan fingerprint density at radius 3 is 2.83 bits per heavy atom. The van der Waals surface area contributed by atoms with Gasteiger partial charge in [0.25, 0.3) is 0 Å². The number of carbonyl (C=O) groups is 2. The van der Waals surface area contributed by atoms with E-state index in [1.54, 1.807) is 7.11 Å². The third-order valence-electron chi connectivity index (χ3n) is 3.38. The Morgan fingerprint density at radius 2 is 2.17 bits per heavy atom. The van der Waals surface area contributed by atoms with Crippen LogP contribution in [0.25, 0.3) is 0 Å². The molecule has 1 unspecified atom stereocenters. The summed E-state index contributed by atoms with van der Waals surface area (Å²) in [6.45, 7) is 2.15. The van der Waals surface area contributed by atoms with Crippen molar-refractivity contribution in [2.45, 2.75) is 38.5 Å². The smallest absolute Gasteiger partial charge is 0.303 e. The van der Waals surface area contributed by atoms with Crippen LogP contribution in [0.2, 0.25) is 0 Å². The minimum Gasteiger partial charge on any atom is -0.481 e. The van der Waals surface area contributed by atoms with Crippen LogP contribution >= 0.6 is 0 Å². The van der Waals surface area contributed by atoms with E-state index in [2.05, 4.69) is 0 Å². The lowest BCUT2D eigenvalue weighted by Gasteiger charge is -2.32. The molecule has 0 saturated carbocycles. The van der Waals surface area contributed by atoms with Crippen molar-refractivity contribution in [3.05, 3.63) is 0 Å². The molecule has 18 heavy (non-hydrogen) atoms. The molecule has 104 valence electrons. The van der Waals surface area contributed by atoms with Crippen LogP contribution in [0.3, 0.4) is 0 Å². The van der Waals surface area contributed by atoms with E-state index in [0.29, 0.717) is 25.4 Å². The average Bonchev–Trinajstić information content (AvgIpc) is 2.37. The molecule has 1 atom stereocenters. The van der Waals surface area contributed by atoms with Gasteiger partial charge in [-0.1, -0.05) is 0 Å². The zero-order valence-electron chi connectivity index (χ0n) is 11.1. The van der Waals surface area contributed by atoms with E-state index >= 15 is 0 Å². The van der Waals surface area contributed by atoms with Crippen LogP contribution < -0.4 is 0 Å². The zero-order valence-corrected chi connectivity index (χ0v) is 11.1. The van der Waals surface area contributed by atoms with Crippen molar-refractivity contribution in [2.24, 2.45) is 5.92 Å². The maximum Gasteiger partial charge on any atom is 0.303 e. The number of hydrogen-bond acceptors (Lipinski definition) is 3. The van der Waals surface area contributed by atoms with Gasteiger partial charge in [0, 0.05) is 39.6 Å². The summed E-state index contributed by atoms with van der Waals surface area (Å²) >= 11 is 0. The standard InChI is InChI=1S/C13H23NO4/c1-18-9-3-5-12(15)14-8-2-4-11(10-14)6-7-13(16)17/h11H,2-10H2,1H3,(H,16,17).